The zero-order valence-electron chi connectivity index (χ0n) is 14.1. The summed E-state index contributed by atoms with van der Waals surface area (Å²) < 4.78 is 47.1. The third-order valence-corrected chi connectivity index (χ3v) is 7.88. The van der Waals surface area contributed by atoms with Gasteiger partial charge in [0.25, 0.3) is 0 Å². The number of benzene rings is 1. The second kappa shape index (κ2) is 7.53. The maximum Gasteiger partial charge on any atom is 0.250 e. The van der Waals surface area contributed by atoms with Crippen molar-refractivity contribution in [2.75, 3.05) is 19.8 Å². The van der Waals surface area contributed by atoms with Gasteiger partial charge in [0.15, 0.2) is 0 Å². The number of sulfonamides is 1. The molecule has 0 atom stereocenters. The summed E-state index contributed by atoms with van der Waals surface area (Å²) >= 11 is 1.30. The molecule has 0 spiro atoms. The van der Waals surface area contributed by atoms with Crippen molar-refractivity contribution in [2.45, 2.75) is 35.8 Å². The van der Waals surface area contributed by atoms with Gasteiger partial charge in [0.1, 0.15) is 10.0 Å². The number of hydrogen-bond acceptors (Lipinski definition) is 4. The largest absolute Gasteiger partial charge is 0.381 e. The molecule has 1 aromatic heterocycles. The van der Waals surface area contributed by atoms with Gasteiger partial charge in [0.2, 0.25) is 10.0 Å². The monoisotopic (exact) mass is 383 g/mol. The Bertz CT molecular complexity index is 809. The highest BCUT2D eigenvalue weighted by Crippen LogP contribution is 2.35. The summed E-state index contributed by atoms with van der Waals surface area (Å²) in [6.07, 6.45) is 2.22. The van der Waals surface area contributed by atoms with Crippen molar-refractivity contribution >= 4 is 21.4 Å². The zero-order valence-corrected chi connectivity index (χ0v) is 15.8. The van der Waals surface area contributed by atoms with Gasteiger partial charge in [0.05, 0.1) is 0 Å². The van der Waals surface area contributed by atoms with Crippen LogP contribution in [0.1, 0.15) is 30.2 Å². The zero-order chi connectivity index (χ0) is 17.9. The first-order valence-electron chi connectivity index (χ1n) is 8.37. The summed E-state index contributed by atoms with van der Waals surface area (Å²) in [6.45, 7) is 3.42. The Hall–Kier alpha value is -1.28. The smallest absolute Gasteiger partial charge is 0.250 e. The van der Waals surface area contributed by atoms with Gasteiger partial charge in [-0.3, -0.25) is 0 Å². The summed E-state index contributed by atoms with van der Waals surface area (Å²) in [5.74, 6) is -0.294. The number of aryl methyl sites for hydroxylation is 1. The summed E-state index contributed by atoms with van der Waals surface area (Å²) in [4.78, 5) is 1.04. The highest BCUT2D eigenvalue weighted by molar-refractivity contribution is 7.91. The van der Waals surface area contributed by atoms with Crippen LogP contribution in [-0.4, -0.2) is 28.2 Å². The van der Waals surface area contributed by atoms with Crippen molar-refractivity contribution in [2.24, 2.45) is 0 Å². The minimum absolute atomic E-state index is 0.281. The maximum atomic E-state index is 13.3. The molecule has 1 fully saturated rings. The predicted octanol–water partition coefficient (Wildman–Crippen LogP) is 3.48. The normalized spacial score (nSPS) is 17.5. The molecule has 1 aliphatic rings. The van der Waals surface area contributed by atoms with E-state index in [2.05, 4.69) is 4.72 Å². The van der Waals surface area contributed by atoms with Crippen LogP contribution in [0.4, 0.5) is 4.39 Å². The molecule has 7 heteroatoms. The van der Waals surface area contributed by atoms with E-state index in [0.29, 0.717) is 30.3 Å². The Labute approximate surface area is 152 Å². The number of ether oxygens (including phenoxy) is 1. The molecule has 0 bridgehead atoms. The number of nitrogens with one attached hydrogen (secondary N) is 1. The molecular weight excluding hydrogens is 361 g/mol. The molecule has 2 heterocycles. The van der Waals surface area contributed by atoms with E-state index in [1.807, 2.05) is 13.0 Å². The molecule has 136 valence electrons. The lowest BCUT2D eigenvalue weighted by Gasteiger charge is -2.37. The van der Waals surface area contributed by atoms with E-state index >= 15 is 0 Å². The third-order valence-electron chi connectivity index (χ3n) is 4.76. The van der Waals surface area contributed by atoms with Crippen LogP contribution in [0.2, 0.25) is 0 Å². The molecule has 0 unspecified atom stereocenters. The van der Waals surface area contributed by atoms with Gasteiger partial charge in [-0.15, -0.1) is 11.3 Å². The van der Waals surface area contributed by atoms with Crippen LogP contribution in [0.3, 0.4) is 0 Å². The van der Waals surface area contributed by atoms with Gasteiger partial charge in [-0.05, 0) is 49.1 Å². The first kappa shape index (κ1) is 18.5. The van der Waals surface area contributed by atoms with E-state index in [-0.39, 0.29) is 17.8 Å². The standard InChI is InChI=1S/C18H22FNO3S2/c1-2-16-7-8-17(24-16)25(21,22)20-13-18(9-11-23-12-10-18)14-3-5-15(19)6-4-14/h3-8,20H,2,9-13H2,1H3. The Morgan fingerprint density at radius 2 is 1.84 bits per heavy atom. The highest BCUT2D eigenvalue weighted by atomic mass is 32.2. The molecule has 0 radical (unpaired) electrons. The van der Waals surface area contributed by atoms with Crippen LogP contribution in [0.5, 0.6) is 0 Å². The average molecular weight is 384 g/mol. The van der Waals surface area contributed by atoms with Crippen LogP contribution >= 0.6 is 11.3 Å². The fourth-order valence-electron chi connectivity index (χ4n) is 3.13. The molecule has 1 aliphatic heterocycles. The summed E-state index contributed by atoms with van der Waals surface area (Å²) in [5, 5.41) is 0. The third kappa shape index (κ3) is 4.11. The average Bonchev–Trinajstić information content (AvgIpc) is 3.12. The molecule has 2 aromatic rings. The first-order chi connectivity index (χ1) is 12.0. The second-order valence-corrected chi connectivity index (χ2v) is 9.46. The molecule has 25 heavy (non-hydrogen) atoms. The fraction of sp³-hybridized carbons (Fsp3) is 0.444. The summed E-state index contributed by atoms with van der Waals surface area (Å²) in [7, 11) is -3.55. The first-order valence-corrected chi connectivity index (χ1v) is 10.7. The van der Waals surface area contributed by atoms with E-state index in [0.717, 1.165) is 16.9 Å². The summed E-state index contributed by atoms with van der Waals surface area (Å²) in [5.41, 5.74) is 0.574. The lowest BCUT2D eigenvalue weighted by Crippen LogP contribution is -2.44. The van der Waals surface area contributed by atoms with Crippen molar-refractivity contribution < 1.29 is 17.5 Å². The second-order valence-electron chi connectivity index (χ2n) is 6.30. The topological polar surface area (TPSA) is 55.4 Å². The number of thiophene rings is 1. The quantitative estimate of drug-likeness (QED) is 0.831. The predicted molar refractivity (Wildman–Crippen MR) is 97.0 cm³/mol. The Kier molecular flexibility index (Phi) is 5.58. The molecule has 1 saturated heterocycles. The van der Waals surface area contributed by atoms with Crippen LogP contribution in [-0.2, 0) is 26.6 Å². The van der Waals surface area contributed by atoms with Gasteiger partial charge in [-0.2, -0.15) is 0 Å². The maximum absolute atomic E-state index is 13.3. The SMILES string of the molecule is CCc1ccc(S(=O)(=O)NCC2(c3ccc(F)cc3)CCOCC2)s1. The minimum Gasteiger partial charge on any atom is -0.381 e. The molecule has 0 aliphatic carbocycles. The summed E-state index contributed by atoms with van der Waals surface area (Å²) in [6, 6.07) is 9.84. The minimum atomic E-state index is -3.55. The molecule has 4 nitrogen and oxygen atoms in total. The van der Waals surface area contributed by atoms with Crippen molar-refractivity contribution in [1.82, 2.24) is 4.72 Å². The number of halogens is 1. The Morgan fingerprint density at radius 1 is 1.16 bits per heavy atom. The van der Waals surface area contributed by atoms with E-state index in [9.17, 15) is 12.8 Å². The molecule has 0 saturated carbocycles. The van der Waals surface area contributed by atoms with Gasteiger partial charge < -0.3 is 4.74 Å². The molecular formula is C18H22FNO3S2. The van der Waals surface area contributed by atoms with E-state index in [1.54, 1.807) is 18.2 Å². The van der Waals surface area contributed by atoms with Gasteiger partial charge in [-0.25, -0.2) is 17.5 Å². The Morgan fingerprint density at radius 3 is 2.44 bits per heavy atom. The van der Waals surface area contributed by atoms with Crippen molar-refractivity contribution in [3.05, 3.63) is 52.7 Å². The molecule has 1 N–H and O–H groups in total. The van der Waals surface area contributed by atoms with Crippen LogP contribution < -0.4 is 4.72 Å². The highest BCUT2D eigenvalue weighted by Gasteiger charge is 2.36. The van der Waals surface area contributed by atoms with Gasteiger partial charge in [-0.1, -0.05) is 19.1 Å². The lowest BCUT2D eigenvalue weighted by molar-refractivity contribution is 0.0517. The van der Waals surface area contributed by atoms with Crippen LogP contribution in [0.25, 0.3) is 0 Å². The molecule has 1 aromatic carbocycles. The van der Waals surface area contributed by atoms with E-state index in [4.69, 9.17) is 4.74 Å². The van der Waals surface area contributed by atoms with E-state index in [1.165, 1.54) is 23.5 Å². The van der Waals surface area contributed by atoms with Crippen LogP contribution in [0.15, 0.2) is 40.6 Å². The van der Waals surface area contributed by atoms with Gasteiger partial charge in [0, 0.05) is 30.1 Å². The molecule has 3 rings (SSSR count). The van der Waals surface area contributed by atoms with Crippen molar-refractivity contribution in [3.63, 3.8) is 0 Å². The van der Waals surface area contributed by atoms with Crippen molar-refractivity contribution in [3.8, 4) is 0 Å². The number of hydrogen-bond donors (Lipinski definition) is 1. The Balaban J connectivity index is 1.82. The number of rotatable bonds is 6. The van der Waals surface area contributed by atoms with Crippen molar-refractivity contribution in [1.29, 1.82) is 0 Å². The lowest BCUT2D eigenvalue weighted by atomic mass is 9.74. The molecule has 0 amide bonds. The van der Waals surface area contributed by atoms with Gasteiger partial charge >= 0.3 is 0 Å². The fourth-order valence-corrected chi connectivity index (χ4v) is 5.60. The van der Waals surface area contributed by atoms with Crippen LogP contribution in [0, 0.1) is 5.82 Å². The van der Waals surface area contributed by atoms with E-state index < -0.39 is 10.0 Å².